The van der Waals surface area contributed by atoms with Gasteiger partial charge in [0.05, 0.1) is 13.0 Å². The number of nitrogens with zero attached hydrogens (tertiary/aromatic N) is 2. The summed E-state index contributed by atoms with van der Waals surface area (Å²) in [6.07, 6.45) is 3.69. The van der Waals surface area contributed by atoms with Crippen LogP contribution in [0.3, 0.4) is 0 Å². The lowest BCUT2D eigenvalue weighted by atomic mass is 10.1. The minimum absolute atomic E-state index is 0.0542. The third kappa shape index (κ3) is 6.17. The Labute approximate surface area is 200 Å². The summed E-state index contributed by atoms with van der Waals surface area (Å²) in [6.45, 7) is 2.93. The molecule has 0 fully saturated rings. The standard InChI is InChI=1S/C29H27N3O2/c1-22-7-11-26(12-8-22)29(34)32(21-25-5-3-2-4-6-25)27-13-9-23(10-14-27)19-28(33)31-20-24-15-17-30-18-16-24/h2-18H,19-21H2,1H3,(H,31,33). The maximum atomic E-state index is 13.4. The Morgan fingerprint density at radius 2 is 1.44 bits per heavy atom. The molecule has 0 saturated heterocycles. The summed E-state index contributed by atoms with van der Waals surface area (Å²) in [5.74, 6) is -0.117. The Bertz CT molecular complexity index is 1220. The Morgan fingerprint density at radius 3 is 2.12 bits per heavy atom. The van der Waals surface area contributed by atoms with E-state index in [9.17, 15) is 9.59 Å². The van der Waals surface area contributed by atoms with Gasteiger partial charge in [-0.2, -0.15) is 0 Å². The number of hydrogen-bond acceptors (Lipinski definition) is 3. The molecular formula is C29H27N3O2. The first kappa shape index (κ1) is 22.9. The molecule has 0 aliphatic rings. The molecule has 170 valence electrons. The summed E-state index contributed by atoms with van der Waals surface area (Å²) < 4.78 is 0. The van der Waals surface area contributed by atoms with Crippen molar-refractivity contribution in [2.24, 2.45) is 0 Å². The van der Waals surface area contributed by atoms with E-state index in [1.807, 2.05) is 97.9 Å². The van der Waals surface area contributed by atoms with Crippen LogP contribution in [0.2, 0.25) is 0 Å². The van der Waals surface area contributed by atoms with Crippen LogP contribution in [0.1, 0.15) is 32.6 Å². The number of benzene rings is 3. The van der Waals surface area contributed by atoms with Crippen molar-refractivity contribution in [2.75, 3.05) is 4.90 Å². The third-order valence-corrected chi connectivity index (χ3v) is 5.58. The van der Waals surface area contributed by atoms with Crippen LogP contribution in [-0.2, 0) is 24.3 Å². The normalized spacial score (nSPS) is 10.5. The number of anilines is 1. The molecule has 0 saturated carbocycles. The monoisotopic (exact) mass is 449 g/mol. The lowest BCUT2D eigenvalue weighted by molar-refractivity contribution is -0.120. The Hall–Kier alpha value is -4.25. The minimum Gasteiger partial charge on any atom is -0.352 e. The summed E-state index contributed by atoms with van der Waals surface area (Å²) in [5.41, 5.74) is 5.47. The van der Waals surface area contributed by atoms with Crippen LogP contribution in [0.15, 0.2) is 103 Å². The molecule has 5 heteroatoms. The predicted octanol–water partition coefficient (Wildman–Crippen LogP) is 5.10. The van der Waals surface area contributed by atoms with Crippen LogP contribution in [0, 0.1) is 6.92 Å². The number of amides is 2. The van der Waals surface area contributed by atoms with Gasteiger partial charge < -0.3 is 10.2 Å². The molecule has 0 atom stereocenters. The zero-order valence-corrected chi connectivity index (χ0v) is 19.1. The smallest absolute Gasteiger partial charge is 0.258 e. The van der Waals surface area contributed by atoms with E-state index < -0.39 is 0 Å². The van der Waals surface area contributed by atoms with E-state index in [2.05, 4.69) is 10.3 Å². The highest BCUT2D eigenvalue weighted by molar-refractivity contribution is 6.06. The summed E-state index contributed by atoms with van der Waals surface area (Å²) in [5, 5.41) is 2.93. The van der Waals surface area contributed by atoms with Crippen molar-refractivity contribution in [3.05, 3.63) is 131 Å². The van der Waals surface area contributed by atoms with E-state index in [1.165, 1.54) is 0 Å². The van der Waals surface area contributed by atoms with Crippen LogP contribution in [-0.4, -0.2) is 16.8 Å². The highest BCUT2D eigenvalue weighted by Crippen LogP contribution is 2.22. The highest BCUT2D eigenvalue weighted by Gasteiger charge is 2.18. The van der Waals surface area contributed by atoms with Crippen molar-refractivity contribution in [3.63, 3.8) is 0 Å². The van der Waals surface area contributed by atoms with Gasteiger partial charge in [0.1, 0.15) is 0 Å². The molecule has 34 heavy (non-hydrogen) atoms. The van der Waals surface area contributed by atoms with E-state index in [0.29, 0.717) is 18.7 Å². The molecule has 1 heterocycles. The lowest BCUT2D eigenvalue weighted by Crippen LogP contribution is -2.30. The van der Waals surface area contributed by atoms with Crippen molar-refractivity contribution in [1.82, 2.24) is 10.3 Å². The third-order valence-electron chi connectivity index (χ3n) is 5.58. The van der Waals surface area contributed by atoms with E-state index in [0.717, 1.165) is 27.9 Å². The lowest BCUT2D eigenvalue weighted by Gasteiger charge is -2.23. The molecule has 0 unspecified atom stereocenters. The number of pyridine rings is 1. The molecule has 4 rings (SSSR count). The van der Waals surface area contributed by atoms with Crippen LogP contribution in [0.5, 0.6) is 0 Å². The molecule has 4 aromatic rings. The topological polar surface area (TPSA) is 62.3 Å². The Kier molecular flexibility index (Phi) is 7.45. The first-order chi connectivity index (χ1) is 16.6. The van der Waals surface area contributed by atoms with Gasteiger partial charge in [-0.3, -0.25) is 14.6 Å². The highest BCUT2D eigenvalue weighted by atomic mass is 16.2. The molecule has 0 spiro atoms. The van der Waals surface area contributed by atoms with Crippen LogP contribution >= 0.6 is 0 Å². The van der Waals surface area contributed by atoms with E-state index in [1.54, 1.807) is 17.3 Å². The largest absolute Gasteiger partial charge is 0.352 e. The zero-order chi connectivity index (χ0) is 23.8. The van der Waals surface area contributed by atoms with Crippen molar-refractivity contribution in [3.8, 4) is 0 Å². The summed E-state index contributed by atoms with van der Waals surface area (Å²) in [7, 11) is 0. The first-order valence-corrected chi connectivity index (χ1v) is 11.3. The molecular weight excluding hydrogens is 422 g/mol. The van der Waals surface area contributed by atoms with Crippen molar-refractivity contribution >= 4 is 17.5 Å². The van der Waals surface area contributed by atoms with Gasteiger partial charge in [0.2, 0.25) is 5.91 Å². The molecule has 0 aliphatic carbocycles. The second-order valence-electron chi connectivity index (χ2n) is 8.22. The molecule has 0 bridgehead atoms. The summed E-state index contributed by atoms with van der Waals surface area (Å²) in [6, 6.07) is 28.9. The van der Waals surface area contributed by atoms with Gasteiger partial charge in [0.25, 0.3) is 5.91 Å². The van der Waals surface area contributed by atoms with E-state index in [4.69, 9.17) is 0 Å². The number of carbonyl (C=O) groups is 2. The summed E-state index contributed by atoms with van der Waals surface area (Å²) in [4.78, 5) is 31.5. The fourth-order valence-corrected chi connectivity index (χ4v) is 3.64. The van der Waals surface area contributed by atoms with Gasteiger partial charge in [-0.1, -0.05) is 60.2 Å². The number of aryl methyl sites for hydroxylation is 1. The molecule has 2 amide bonds. The van der Waals surface area contributed by atoms with Gasteiger partial charge in [-0.25, -0.2) is 0 Å². The molecule has 5 nitrogen and oxygen atoms in total. The fourth-order valence-electron chi connectivity index (χ4n) is 3.64. The van der Waals surface area contributed by atoms with Crippen LogP contribution in [0.25, 0.3) is 0 Å². The van der Waals surface area contributed by atoms with Gasteiger partial charge in [-0.15, -0.1) is 0 Å². The zero-order valence-electron chi connectivity index (χ0n) is 19.1. The number of carbonyl (C=O) groups excluding carboxylic acids is 2. The average molecular weight is 450 g/mol. The summed E-state index contributed by atoms with van der Waals surface area (Å²) >= 11 is 0. The van der Waals surface area contributed by atoms with Crippen molar-refractivity contribution in [2.45, 2.75) is 26.4 Å². The maximum absolute atomic E-state index is 13.4. The Balaban J connectivity index is 1.48. The van der Waals surface area contributed by atoms with Crippen LogP contribution < -0.4 is 10.2 Å². The minimum atomic E-state index is -0.0632. The van der Waals surface area contributed by atoms with Gasteiger partial charge in [-0.05, 0) is 60.0 Å². The first-order valence-electron chi connectivity index (χ1n) is 11.3. The van der Waals surface area contributed by atoms with E-state index >= 15 is 0 Å². The van der Waals surface area contributed by atoms with Gasteiger partial charge in [0, 0.05) is 30.2 Å². The molecule has 1 N–H and O–H groups in total. The number of nitrogens with one attached hydrogen (secondary N) is 1. The van der Waals surface area contributed by atoms with Crippen molar-refractivity contribution < 1.29 is 9.59 Å². The number of rotatable bonds is 8. The molecule has 0 aliphatic heterocycles. The maximum Gasteiger partial charge on any atom is 0.258 e. The Morgan fingerprint density at radius 1 is 0.765 bits per heavy atom. The number of hydrogen-bond donors (Lipinski definition) is 1. The molecule has 0 radical (unpaired) electrons. The van der Waals surface area contributed by atoms with Crippen LogP contribution in [0.4, 0.5) is 5.69 Å². The predicted molar refractivity (Wildman–Crippen MR) is 134 cm³/mol. The molecule has 1 aromatic heterocycles. The quantitative estimate of drug-likeness (QED) is 0.407. The second kappa shape index (κ2) is 11.1. The number of aromatic nitrogens is 1. The second-order valence-corrected chi connectivity index (χ2v) is 8.22. The SMILES string of the molecule is Cc1ccc(C(=O)N(Cc2ccccc2)c2ccc(CC(=O)NCc3ccncc3)cc2)cc1. The fraction of sp³-hybridized carbons (Fsp3) is 0.138. The molecule has 3 aromatic carbocycles. The van der Waals surface area contributed by atoms with Gasteiger partial charge >= 0.3 is 0 Å². The van der Waals surface area contributed by atoms with E-state index in [-0.39, 0.29) is 18.2 Å². The van der Waals surface area contributed by atoms with Gasteiger partial charge in [0.15, 0.2) is 0 Å². The van der Waals surface area contributed by atoms with Crippen molar-refractivity contribution in [1.29, 1.82) is 0 Å². The average Bonchev–Trinajstić information content (AvgIpc) is 2.88.